The van der Waals surface area contributed by atoms with Crippen molar-refractivity contribution in [3.8, 4) is 0 Å². The van der Waals surface area contributed by atoms with E-state index in [1.54, 1.807) is 18.0 Å². The van der Waals surface area contributed by atoms with Crippen LogP contribution in [0.3, 0.4) is 0 Å². The highest BCUT2D eigenvalue weighted by atomic mass is 32.2. The standard InChI is InChI=1S/C13H11N3S/c1-16-12-11(8-5-9-14-12)15-13(16)17-10-6-3-2-4-7-10/h2-9H,1H3. The van der Waals surface area contributed by atoms with Crippen molar-refractivity contribution in [1.29, 1.82) is 0 Å². The van der Waals surface area contributed by atoms with E-state index in [0.29, 0.717) is 0 Å². The number of aryl methyl sites for hydroxylation is 1. The van der Waals surface area contributed by atoms with Gasteiger partial charge in [0.1, 0.15) is 5.52 Å². The minimum Gasteiger partial charge on any atom is -0.307 e. The third-order valence-electron chi connectivity index (χ3n) is 2.54. The lowest BCUT2D eigenvalue weighted by atomic mass is 10.4. The van der Waals surface area contributed by atoms with E-state index >= 15 is 0 Å². The number of nitrogens with zero attached hydrogens (tertiary/aromatic N) is 3. The number of rotatable bonds is 2. The Balaban J connectivity index is 2.04. The van der Waals surface area contributed by atoms with Crippen molar-refractivity contribution in [2.75, 3.05) is 0 Å². The molecule has 84 valence electrons. The molecule has 0 bridgehead atoms. The maximum atomic E-state index is 4.57. The molecule has 0 aliphatic heterocycles. The molecule has 0 aliphatic rings. The van der Waals surface area contributed by atoms with Crippen LogP contribution in [0.25, 0.3) is 11.2 Å². The van der Waals surface area contributed by atoms with Crippen LogP contribution in [0.15, 0.2) is 58.7 Å². The highest BCUT2D eigenvalue weighted by Crippen LogP contribution is 2.28. The molecule has 3 nitrogen and oxygen atoms in total. The van der Waals surface area contributed by atoms with Crippen LogP contribution in [0, 0.1) is 0 Å². The van der Waals surface area contributed by atoms with Gasteiger partial charge in [0.25, 0.3) is 0 Å². The van der Waals surface area contributed by atoms with Crippen molar-refractivity contribution in [1.82, 2.24) is 14.5 Å². The summed E-state index contributed by atoms with van der Waals surface area (Å²) in [5.41, 5.74) is 1.86. The lowest BCUT2D eigenvalue weighted by Crippen LogP contribution is -1.91. The number of imidazole rings is 1. The summed E-state index contributed by atoms with van der Waals surface area (Å²) in [6.45, 7) is 0. The van der Waals surface area contributed by atoms with Crippen LogP contribution in [-0.2, 0) is 7.05 Å². The second-order valence-corrected chi connectivity index (χ2v) is 4.76. The second-order valence-electron chi connectivity index (χ2n) is 3.71. The van der Waals surface area contributed by atoms with Gasteiger partial charge in [-0.15, -0.1) is 0 Å². The van der Waals surface area contributed by atoms with Gasteiger partial charge < -0.3 is 4.57 Å². The van der Waals surface area contributed by atoms with Gasteiger partial charge in [0, 0.05) is 18.1 Å². The van der Waals surface area contributed by atoms with E-state index in [1.165, 1.54) is 4.90 Å². The van der Waals surface area contributed by atoms with E-state index in [1.807, 2.05) is 41.9 Å². The Hall–Kier alpha value is -1.81. The molecule has 0 fully saturated rings. The number of hydrogen-bond acceptors (Lipinski definition) is 3. The monoisotopic (exact) mass is 241 g/mol. The number of benzene rings is 1. The third-order valence-corrected chi connectivity index (χ3v) is 3.59. The first kappa shape index (κ1) is 10.4. The fourth-order valence-electron chi connectivity index (χ4n) is 1.69. The maximum Gasteiger partial charge on any atom is 0.174 e. The predicted molar refractivity (Wildman–Crippen MR) is 69.1 cm³/mol. The molecule has 0 aliphatic carbocycles. The summed E-state index contributed by atoms with van der Waals surface area (Å²) < 4.78 is 2.02. The van der Waals surface area contributed by atoms with E-state index in [-0.39, 0.29) is 0 Å². The SMILES string of the molecule is Cn1c(Sc2ccccc2)nc2cccnc21. The van der Waals surface area contributed by atoms with E-state index < -0.39 is 0 Å². The summed E-state index contributed by atoms with van der Waals surface area (Å²) in [5, 5.41) is 0.963. The van der Waals surface area contributed by atoms with Crippen molar-refractivity contribution in [2.24, 2.45) is 7.05 Å². The van der Waals surface area contributed by atoms with Gasteiger partial charge in [0.2, 0.25) is 0 Å². The fraction of sp³-hybridized carbons (Fsp3) is 0.0769. The summed E-state index contributed by atoms with van der Waals surface area (Å²) in [4.78, 5) is 10.1. The molecule has 2 aromatic heterocycles. The van der Waals surface area contributed by atoms with Gasteiger partial charge in [-0.1, -0.05) is 30.0 Å². The molecule has 0 N–H and O–H groups in total. The highest BCUT2D eigenvalue weighted by molar-refractivity contribution is 7.99. The van der Waals surface area contributed by atoms with Crippen molar-refractivity contribution in [3.05, 3.63) is 48.7 Å². The van der Waals surface area contributed by atoms with Gasteiger partial charge in [0.05, 0.1) is 0 Å². The molecule has 0 radical (unpaired) electrons. The molecule has 0 saturated carbocycles. The van der Waals surface area contributed by atoms with Crippen LogP contribution >= 0.6 is 11.8 Å². The lowest BCUT2D eigenvalue weighted by Gasteiger charge is -2.00. The average Bonchev–Trinajstić information content (AvgIpc) is 2.68. The van der Waals surface area contributed by atoms with Crippen molar-refractivity contribution in [3.63, 3.8) is 0 Å². The second kappa shape index (κ2) is 4.22. The number of aromatic nitrogens is 3. The zero-order valence-corrected chi connectivity index (χ0v) is 10.2. The Bertz CT molecular complexity index is 646. The van der Waals surface area contributed by atoms with Crippen LogP contribution in [0.1, 0.15) is 0 Å². The summed E-state index contributed by atoms with van der Waals surface area (Å²) in [6.07, 6.45) is 1.79. The van der Waals surface area contributed by atoms with Gasteiger partial charge in [-0.2, -0.15) is 0 Å². The number of fused-ring (bicyclic) bond motifs is 1. The molecule has 3 aromatic rings. The number of pyridine rings is 1. The van der Waals surface area contributed by atoms with Crippen molar-refractivity contribution >= 4 is 22.9 Å². The molecule has 17 heavy (non-hydrogen) atoms. The summed E-state index contributed by atoms with van der Waals surface area (Å²) in [7, 11) is 1.99. The normalized spacial score (nSPS) is 10.9. The topological polar surface area (TPSA) is 30.7 Å². The zero-order chi connectivity index (χ0) is 11.7. The van der Waals surface area contributed by atoms with Crippen LogP contribution < -0.4 is 0 Å². The van der Waals surface area contributed by atoms with E-state index in [4.69, 9.17) is 0 Å². The Morgan fingerprint density at radius 3 is 2.65 bits per heavy atom. The van der Waals surface area contributed by atoms with Gasteiger partial charge >= 0.3 is 0 Å². The molecular weight excluding hydrogens is 230 g/mol. The molecule has 0 amide bonds. The average molecular weight is 241 g/mol. The highest BCUT2D eigenvalue weighted by Gasteiger charge is 2.08. The summed E-state index contributed by atoms with van der Waals surface area (Å²) >= 11 is 1.65. The first-order valence-corrected chi connectivity index (χ1v) is 6.16. The summed E-state index contributed by atoms with van der Waals surface area (Å²) in [5.74, 6) is 0. The van der Waals surface area contributed by atoms with Crippen LogP contribution in [0.5, 0.6) is 0 Å². The fourth-order valence-corrected chi connectivity index (χ4v) is 2.56. The largest absolute Gasteiger partial charge is 0.307 e. The molecule has 0 saturated heterocycles. The Morgan fingerprint density at radius 2 is 1.88 bits per heavy atom. The quantitative estimate of drug-likeness (QED) is 0.690. The first-order chi connectivity index (χ1) is 8.34. The van der Waals surface area contributed by atoms with Crippen molar-refractivity contribution in [2.45, 2.75) is 10.1 Å². The Kier molecular flexibility index (Phi) is 2.57. The summed E-state index contributed by atoms with van der Waals surface area (Å²) in [6, 6.07) is 14.1. The van der Waals surface area contributed by atoms with Gasteiger partial charge in [-0.05, 0) is 24.3 Å². The Labute approximate surface area is 104 Å². The molecule has 0 atom stereocenters. The van der Waals surface area contributed by atoms with E-state index in [0.717, 1.165) is 16.3 Å². The van der Waals surface area contributed by atoms with Gasteiger partial charge in [0.15, 0.2) is 10.8 Å². The molecule has 3 rings (SSSR count). The van der Waals surface area contributed by atoms with Crippen LogP contribution in [-0.4, -0.2) is 14.5 Å². The minimum absolute atomic E-state index is 0.922. The zero-order valence-electron chi connectivity index (χ0n) is 9.37. The van der Waals surface area contributed by atoms with E-state index in [2.05, 4.69) is 22.1 Å². The Morgan fingerprint density at radius 1 is 1.06 bits per heavy atom. The molecule has 1 aromatic carbocycles. The molecule has 0 unspecified atom stereocenters. The van der Waals surface area contributed by atoms with Crippen LogP contribution in [0.2, 0.25) is 0 Å². The third kappa shape index (κ3) is 1.91. The molecular formula is C13H11N3S. The minimum atomic E-state index is 0.922. The van der Waals surface area contributed by atoms with Crippen LogP contribution in [0.4, 0.5) is 0 Å². The molecule has 4 heteroatoms. The smallest absolute Gasteiger partial charge is 0.174 e. The van der Waals surface area contributed by atoms with Gasteiger partial charge in [-0.25, -0.2) is 9.97 Å². The van der Waals surface area contributed by atoms with E-state index in [9.17, 15) is 0 Å². The molecule has 2 heterocycles. The number of hydrogen-bond donors (Lipinski definition) is 0. The first-order valence-electron chi connectivity index (χ1n) is 5.35. The van der Waals surface area contributed by atoms with Crippen molar-refractivity contribution < 1.29 is 0 Å². The maximum absolute atomic E-state index is 4.57. The molecule has 0 spiro atoms. The lowest BCUT2D eigenvalue weighted by molar-refractivity contribution is 0.806. The predicted octanol–water partition coefficient (Wildman–Crippen LogP) is 3.12. The van der Waals surface area contributed by atoms with Gasteiger partial charge in [-0.3, -0.25) is 0 Å².